The molecule has 2 aromatic rings. The van der Waals surface area contributed by atoms with E-state index in [0.717, 1.165) is 5.56 Å². The molecule has 0 spiro atoms. The largest absolute Gasteiger partial charge is 0.385 e. The summed E-state index contributed by atoms with van der Waals surface area (Å²) in [6.07, 6.45) is 2.19. The second-order valence-electron chi connectivity index (χ2n) is 4.31. The van der Waals surface area contributed by atoms with E-state index in [9.17, 15) is 8.42 Å². The quantitative estimate of drug-likeness (QED) is 0.375. The molecule has 2 rings (SSSR count). The molecule has 0 bridgehead atoms. The molecule has 0 aromatic heterocycles. The zero-order chi connectivity index (χ0) is 15.3. The number of aryl methyl sites for hydroxylation is 1. The summed E-state index contributed by atoms with van der Waals surface area (Å²) in [4.78, 5) is 2.83. The van der Waals surface area contributed by atoms with Crippen LogP contribution in [0.3, 0.4) is 0 Å². The van der Waals surface area contributed by atoms with Crippen LogP contribution < -0.4 is 0 Å². The molecule has 21 heavy (non-hydrogen) atoms. The van der Waals surface area contributed by atoms with Crippen molar-refractivity contribution in [2.24, 2.45) is 4.40 Å². The predicted molar refractivity (Wildman–Crippen MR) is 80.0 cm³/mol. The lowest BCUT2D eigenvalue weighted by molar-refractivity contribution is 0.00664. The van der Waals surface area contributed by atoms with Gasteiger partial charge < -0.3 is 5.53 Å². The maximum absolute atomic E-state index is 12.3. The highest BCUT2D eigenvalue weighted by molar-refractivity contribution is 7.90. The molecule has 0 N–H and O–H groups in total. The van der Waals surface area contributed by atoms with E-state index < -0.39 is 10.0 Å². The highest BCUT2D eigenvalue weighted by Gasteiger charge is 2.12. The van der Waals surface area contributed by atoms with Crippen molar-refractivity contribution in [3.05, 3.63) is 71.3 Å². The lowest BCUT2D eigenvalue weighted by atomic mass is 10.1. The molecule has 0 saturated heterocycles. The van der Waals surface area contributed by atoms with Crippen molar-refractivity contribution >= 4 is 21.9 Å². The van der Waals surface area contributed by atoms with Crippen LogP contribution in [0.4, 0.5) is 0 Å². The van der Waals surface area contributed by atoms with E-state index in [1.807, 2.05) is 6.92 Å². The molecule has 0 aliphatic carbocycles. The first-order chi connectivity index (χ1) is 10.0. The fraction of sp³-hybridized carbons (Fsp3) is 0.0667. The molecule has 2 aromatic carbocycles. The zero-order valence-corrected chi connectivity index (χ0v) is 12.1. The van der Waals surface area contributed by atoms with Crippen LogP contribution in [0.15, 0.2) is 63.9 Å². The minimum Gasteiger partial charge on any atom is -0.385 e. The highest BCUT2D eigenvalue weighted by Crippen LogP contribution is 2.14. The second-order valence-corrected chi connectivity index (χ2v) is 5.91. The first-order valence-electron chi connectivity index (χ1n) is 6.10. The van der Waals surface area contributed by atoms with Crippen LogP contribution in [-0.2, 0) is 10.0 Å². The van der Waals surface area contributed by atoms with Crippen LogP contribution in [0.25, 0.3) is 5.53 Å². The van der Waals surface area contributed by atoms with Gasteiger partial charge in [-0.15, -0.1) is 17.7 Å². The number of hydrogen-bond donors (Lipinski definition) is 0. The highest BCUT2D eigenvalue weighted by atomic mass is 32.2. The van der Waals surface area contributed by atoms with Gasteiger partial charge in [-0.05, 0) is 24.8 Å². The van der Waals surface area contributed by atoms with Gasteiger partial charge in [0.25, 0.3) is 10.0 Å². The van der Waals surface area contributed by atoms with E-state index in [4.69, 9.17) is 5.53 Å². The van der Waals surface area contributed by atoms with E-state index in [1.54, 1.807) is 42.5 Å². The summed E-state index contributed by atoms with van der Waals surface area (Å²) in [6, 6.07) is 14.9. The van der Waals surface area contributed by atoms with Crippen molar-refractivity contribution in [3.8, 4) is 0 Å². The molecule has 106 valence electrons. The Labute approximate surface area is 123 Å². The average molecular weight is 298 g/mol. The van der Waals surface area contributed by atoms with Gasteiger partial charge in [-0.1, -0.05) is 35.9 Å². The number of benzene rings is 2. The molecule has 0 aliphatic rings. The number of rotatable bonds is 4. The topological polar surface area (TPSA) is 82.9 Å². The van der Waals surface area contributed by atoms with Gasteiger partial charge in [-0.2, -0.15) is 12.8 Å². The Balaban J connectivity index is 2.51. The van der Waals surface area contributed by atoms with Gasteiger partial charge in [-0.3, -0.25) is 4.79 Å². The fourth-order valence-electron chi connectivity index (χ4n) is 1.66. The lowest BCUT2D eigenvalue weighted by Crippen LogP contribution is -2.08. The normalized spacial score (nSPS) is 11.8. The average Bonchev–Trinajstić information content (AvgIpc) is 2.48. The molecule has 6 heteroatoms. The van der Waals surface area contributed by atoms with E-state index in [1.165, 1.54) is 12.1 Å². The first kappa shape index (κ1) is 14.8. The second kappa shape index (κ2) is 6.26. The Bertz CT molecular complexity index is 804. The molecular formula is C15H12N3O2S-. The summed E-state index contributed by atoms with van der Waals surface area (Å²) in [5, 5.41) is 0. The van der Waals surface area contributed by atoms with Crippen molar-refractivity contribution in [2.75, 3.05) is 0 Å². The minimum absolute atomic E-state index is 0.0568. The summed E-state index contributed by atoms with van der Waals surface area (Å²) in [6.45, 7) is 1.86. The van der Waals surface area contributed by atoms with Crippen molar-refractivity contribution in [2.45, 2.75) is 11.8 Å². The van der Waals surface area contributed by atoms with Gasteiger partial charge >= 0.3 is 0 Å². The van der Waals surface area contributed by atoms with Crippen LogP contribution in [-0.4, -0.2) is 25.1 Å². The SMILES string of the molecule is Cc1ccc(S(=O)(=O)/N=C(/[C-]=[N+]=[N-])c2ccccc2)cc1. The summed E-state index contributed by atoms with van der Waals surface area (Å²) in [5.74, 6) is 0. The molecule has 0 unspecified atom stereocenters. The molecule has 0 atom stereocenters. The minimum atomic E-state index is -3.89. The van der Waals surface area contributed by atoms with Crippen LogP contribution in [0.5, 0.6) is 0 Å². The van der Waals surface area contributed by atoms with Crippen LogP contribution in [0, 0.1) is 6.92 Å². The Kier molecular flexibility index (Phi) is 4.42. The van der Waals surface area contributed by atoms with Crippen molar-refractivity contribution in [1.29, 1.82) is 0 Å². The fourth-order valence-corrected chi connectivity index (χ4v) is 2.64. The van der Waals surface area contributed by atoms with Gasteiger partial charge in [-0.25, -0.2) is 0 Å². The van der Waals surface area contributed by atoms with Gasteiger partial charge in [0, 0.05) is 0 Å². The monoisotopic (exact) mass is 298 g/mol. The maximum atomic E-state index is 12.3. The molecule has 0 aliphatic heterocycles. The summed E-state index contributed by atoms with van der Waals surface area (Å²) >= 11 is 0. The predicted octanol–water partition coefficient (Wildman–Crippen LogP) is 2.35. The molecule has 0 amide bonds. The standard InChI is InChI=1S/C15H12N3O2S/c1-12-7-9-14(10-8-12)21(19,20)18-15(11-17-16)13-5-3-2-4-6-13/h2-10H,1H3/q-1/b18-15-. The van der Waals surface area contributed by atoms with Crippen LogP contribution in [0.1, 0.15) is 11.1 Å². The number of sulfonamides is 1. The van der Waals surface area contributed by atoms with Gasteiger partial charge in [0.1, 0.15) is 0 Å². The Morgan fingerprint density at radius 1 is 1.10 bits per heavy atom. The molecule has 5 nitrogen and oxygen atoms in total. The molecule has 0 radical (unpaired) electrons. The maximum Gasteiger partial charge on any atom is 0.280 e. The molecular weight excluding hydrogens is 286 g/mol. The van der Waals surface area contributed by atoms with Gasteiger partial charge in [0.05, 0.1) is 4.90 Å². The third-order valence-electron chi connectivity index (χ3n) is 2.73. The van der Waals surface area contributed by atoms with E-state index >= 15 is 0 Å². The summed E-state index contributed by atoms with van der Waals surface area (Å²) in [7, 11) is -3.89. The van der Waals surface area contributed by atoms with Crippen molar-refractivity contribution in [1.82, 2.24) is 0 Å². The summed E-state index contributed by atoms with van der Waals surface area (Å²) < 4.78 is 28.2. The third-order valence-corrected chi connectivity index (χ3v) is 4.02. The zero-order valence-electron chi connectivity index (χ0n) is 11.3. The number of hydrogen-bond acceptors (Lipinski definition) is 2. The van der Waals surface area contributed by atoms with E-state index in [-0.39, 0.29) is 10.6 Å². The Hall–Kier alpha value is -2.56. The molecule has 0 heterocycles. The Morgan fingerprint density at radius 3 is 2.29 bits per heavy atom. The molecule has 0 fully saturated rings. The van der Waals surface area contributed by atoms with E-state index in [0.29, 0.717) is 5.56 Å². The molecule has 0 saturated carbocycles. The smallest absolute Gasteiger partial charge is 0.280 e. The number of nitrogens with zero attached hydrogens (tertiary/aromatic N) is 3. The summed E-state index contributed by atoms with van der Waals surface area (Å²) in [5.41, 5.74) is 10.0. The van der Waals surface area contributed by atoms with Crippen molar-refractivity contribution < 1.29 is 13.2 Å². The van der Waals surface area contributed by atoms with Crippen molar-refractivity contribution in [3.63, 3.8) is 0 Å². The van der Waals surface area contributed by atoms with Crippen LogP contribution >= 0.6 is 0 Å². The lowest BCUT2D eigenvalue weighted by Gasteiger charge is -2.07. The first-order valence-corrected chi connectivity index (χ1v) is 7.54. The van der Waals surface area contributed by atoms with E-state index in [2.05, 4.69) is 15.4 Å². The van der Waals surface area contributed by atoms with Gasteiger partial charge in [0.2, 0.25) is 6.21 Å². The third kappa shape index (κ3) is 3.72. The van der Waals surface area contributed by atoms with Crippen LogP contribution in [0.2, 0.25) is 0 Å². The van der Waals surface area contributed by atoms with Gasteiger partial charge in [0.15, 0.2) is 0 Å². The Morgan fingerprint density at radius 2 is 1.71 bits per heavy atom.